The van der Waals surface area contributed by atoms with Gasteiger partial charge in [-0.05, 0) is 30.9 Å². The van der Waals surface area contributed by atoms with Crippen molar-refractivity contribution in [2.75, 3.05) is 19.7 Å². The molecule has 1 amide bonds. The van der Waals surface area contributed by atoms with E-state index in [0.29, 0.717) is 13.2 Å². The maximum absolute atomic E-state index is 13.4. The van der Waals surface area contributed by atoms with Gasteiger partial charge in [-0.1, -0.05) is 60.2 Å². The predicted octanol–water partition coefficient (Wildman–Crippen LogP) is 3.79. The summed E-state index contributed by atoms with van der Waals surface area (Å²) >= 11 is 0. The molecule has 152 valence electrons. The Morgan fingerprint density at radius 3 is 2.38 bits per heavy atom. The summed E-state index contributed by atoms with van der Waals surface area (Å²) in [5.74, 6) is -1.86. The number of hydrogen-bond acceptors (Lipinski definition) is 3. The van der Waals surface area contributed by atoms with E-state index in [1.165, 1.54) is 5.56 Å². The van der Waals surface area contributed by atoms with Crippen molar-refractivity contribution in [1.82, 2.24) is 4.90 Å². The van der Waals surface area contributed by atoms with Gasteiger partial charge in [0.1, 0.15) is 0 Å². The van der Waals surface area contributed by atoms with Gasteiger partial charge in [0.2, 0.25) is 5.91 Å². The number of aryl methyl sites for hydroxylation is 1. The van der Waals surface area contributed by atoms with Gasteiger partial charge in [0, 0.05) is 25.6 Å². The van der Waals surface area contributed by atoms with E-state index in [9.17, 15) is 14.7 Å². The molecule has 0 bridgehead atoms. The molecule has 5 nitrogen and oxygen atoms in total. The van der Waals surface area contributed by atoms with Crippen molar-refractivity contribution in [1.29, 1.82) is 0 Å². The van der Waals surface area contributed by atoms with Gasteiger partial charge in [-0.3, -0.25) is 9.59 Å². The molecule has 0 radical (unpaired) electrons. The number of rotatable bonds is 4. The molecule has 2 unspecified atom stereocenters. The first-order valence-electron chi connectivity index (χ1n) is 10.3. The van der Waals surface area contributed by atoms with E-state index in [4.69, 9.17) is 4.74 Å². The van der Waals surface area contributed by atoms with Crippen LogP contribution >= 0.6 is 0 Å². The molecule has 2 heterocycles. The van der Waals surface area contributed by atoms with Gasteiger partial charge in [-0.2, -0.15) is 0 Å². The number of carboxylic acid groups (broad SMARTS) is 1. The fourth-order valence-corrected chi connectivity index (χ4v) is 4.63. The average molecular weight is 393 g/mol. The van der Waals surface area contributed by atoms with Crippen LogP contribution in [-0.2, 0) is 14.3 Å². The van der Waals surface area contributed by atoms with Gasteiger partial charge in [-0.25, -0.2) is 0 Å². The van der Waals surface area contributed by atoms with Gasteiger partial charge >= 0.3 is 5.97 Å². The lowest BCUT2D eigenvalue weighted by Crippen LogP contribution is -2.40. The number of likely N-dealkylation sites (tertiary alicyclic amines) is 1. The highest BCUT2D eigenvalue weighted by Gasteiger charge is 2.44. The number of carbonyl (C=O) groups excluding carboxylic acids is 1. The topological polar surface area (TPSA) is 66.8 Å². The van der Waals surface area contributed by atoms with Gasteiger partial charge < -0.3 is 14.7 Å². The highest BCUT2D eigenvalue weighted by molar-refractivity contribution is 5.82. The second kappa shape index (κ2) is 8.37. The van der Waals surface area contributed by atoms with Gasteiger partial charge in [0.05, 0.1) is 17.9 Å². The maximum Gasteiger partial charge on any atom is 0.308 e. The first-order chi connectivity index (χ1) is 14.0. The lowest BCUT2D eigenvalue weighted by molar-refractivity contribution is -0.145. The van der Waals surface area contributed by atoms with Crippen LogP contribution in [0.3, 0.4) is 0 Å². The van der Waals surface area contributed by atoms with Crippen LogP contribution < -0.4 is 0 Å². The molecular weight excluding hydrogens is 366 g/mol. The number of amides is 1. The molecule has 4 atom stereocenters. The smallest absolute Gasteiger partial charge is 0.308 e. The van der Waals surface area contributed by atoms with Crippen LogP contribution in [0.15, 0.2) is 54.6 Å². The molecule has 2 aromatic carbocycles. The number of ether oxygens (including phenoxy) is 1. The van der Waals surface area contributed by atoms with Gasteiger partial charge in [0.15, 0.2) is 0 Å². The molecule has 4 rings (SSSR count). The van der Waals surface area contributed by atoms with E-state index in [0.717, 1.165) is 24.0 Å². The third kappa shape index (κ3) is 4.06. The standard InChI is InChI=1S/C24H27NO4/c1-16-9-11-18(12-10-16)22-19(8-5-13-29-22)23(26)25-14-20(21(15-25)24(27)28)17-6-3-2-4-7-17/h2-4,6-7,9-12,19-22H,5,8,13-15H2,1H3,(H,27,28)/t19?,20-,21-,22?/m0/s1. The van der Waals surface area contributed by atoms with E-state index in [1.54, 1.807) is 4.90 Å². The summed E-state index contributed by atoms with van der Waals surface area (Å²) in [6.07, 6.45) is 1.34. The largest absolute Gasteiger partial charge is 0.481 e. The summed E-state index contributed by atoms with van der Waals surface area (Å²) in [7, 11) is 0. The van der Waals surface area contributed by atoms with Crippen LogP contribution in [0.1, 0.15) is 41.6 Å². The summed E-state index contributed by atoms with van der Waals surface area (Å²) in [6.45, 7) is 3.38. The Morgan fingerprint density at radius 1 is 0.966 bits per heavy atom. The minimum absolute atomic E-state index is 0.0138. The van der Waals surface area contributed by atoms with Crippen LogP contribution in [0.25, 0.3) is 0 Å². The Balaban J connectivity index is 1.56. The Hall–Kier alpha value is -2.66. The van der Waals surface area contributed by atoms with Gasteiger partial charge in [0.25, 0.3) is 0 Å². The molecular formula is C24H27NO4. The van der Waals surface area contributed by atoms with Crippen molar-refractivity contribution in [3.8, 4) is 0 Å². The molecule has 2 saturated heterocycles. The summed E-state index contributed by atoms with van der Waals surface area (Å²) in [6, 6.07) is 17.8. The first-order valence-corrected chi connectivity index (χ1v) is 10.3. The molecule has 1 N–H and O–H groups in total. The van der Waals surface area contributed by atoms with Crippen molar-refractivity contribution in [3.05, 3.63) is 71.3 Å². The van der Waals surface area contributed by atoms with Crippen LogP contribution in [0.4, 0.5) is 0 Å². The Bertz CT molecular complexity index is 864. The molecule has 2 fully saturated rings. The third-order valence-corrected chi connectivity index (χ3v) is 6.22. The first kappa shape index (κ1) is 19.6. The van der Waals surface area contributed by atoms with E-state index in [1.807, 2.05) is 61.5 Å². The van der Waals surface area contributed by atoms with E-state index in [2.05, 4.69) is 0 Å². The summed E-state index contributed by atoms with van der Waals surface area (Å²) in [4.78, 5) is 27.1. The molecule has 0 aliphatic carbocycles. The molecule has 2 aromatic rings. The highest BCUT2D eigenvalue weighted by atomic mass is 16.5. The van der Waals surface area contributed by atoms with Crippen LogP contribution in [0.5, 0.6) is 0 Å². The minimum Gasteiger partial charge on any atom is -0.481 e. The fourth-order valence-electron chi connectivity index (χ4n) is 4.63. The molecule has 0 spiro atoms. The second-order valence-electron chi connectivity index (χ2n) is 8.16. The van der Waals surface area contributed by atoms with E-state index < -0.39 is 11.9 Å². The normalized spacial score (nSPS) is 27.0. The summed E-state index contributed by atoms with van der Waals surface area (Å²) in [5, 5.41) is 9.75. The van der Waals surface area contributed by atoms with E-state index >= 15 is 0 Å². The zero-order chi connectivity index (χ0) is 20.4. The van der Waals surface area contributed by atoms with Crippen molar-refractivity contribution < 1.29 is 19.4 Å². The SMILES string of the molecule is Cc1ccc(C2OCCCC2C(=O)N2C[C@H](C(=O)O)[C@H](c3ccccc3)C2)cc1. The number of benzene rings is 2. The molecule has 29 heavy (non-hydrogen) atoms. The lowest BCUT2D eigenvalue weighted by atomic mass is 9.88. The molecule has 0 saturated carbocycles. The van der Waals surface area contributed by atoms with Gasteiger partial charge in [-0.15, -0.1) is 0 Å². The Kier molecular flexibility index (Phi) is 5.67. The minimum atomic E-state index is -0.843. The molecule has 2 aliphatic heterocycles. The number of carboxylic acids is 1. The van der Waals surface area contributed by atoms with Crippen LogP contribution in [0, 0.1) is 18.8 Å². The monoisotopic (exact) mass is 393 g/mol. The Labute approximate surface area is 171 Å². The van der Waals surface area contributed by atoms with E-state index in [-0.39, 0.29) is 30.4 Å². The molecule has 5 heteroatoms. The number of nitrogens with zero attached hydrogens (tertiary/aromatic N) is 1. The number of carbonyl (C=O) groups is 2. The second-order valence-corrected chi connectivity index (χ2v) is 8.16. The van der Waals surface area contributed by atoms with Crippen LogP contribution in [-0.4, -0.2) is 41.6 Å². The lowest BCUT2D eigenvalue weighted by Gasteiger charge is -2.34. The maximum atomic E-state index is 13.4. The fraction of sp³-hybridized carbons (Fsp3) is 0.417. The summed E-state index contributed by atoms with van der Waals surface area (Å²) in [5.41, 5.74) is 3.16. The molecule has 0 aromatic heterocycles. The predicted molar refractivity (Wildman–Crippen MR) is 109 cm³/mol. The summed E-state index contributed by atoms with van der Waals surface area (Å²) < 4.78 is 6.02. The average Bonchev–Trinajstić information content (AvgIpc) is 3.20. The Morgan fingerprint density at radius 2 is 1.69 bits per heavy atom. The quantitative estimate of drug-likeness (QED) is 0.858. The highest BCUT2D eigenvalue weighted by Crippen LogP contribution is 2.39. The number of aliphatic carboxylic acids is 1. The van der Waals surface area contributed by atoms with Crippen molar-refractivity contribution >= 4 is 11.9 Å². The zero-order valence-corrected chi connectivity index (χ0v) is 16.7. The number of hydrogen-bond donors (Lipinski definition) is 1. The zero-order valence-electron chi connectivity index (χ0n) is 16.7. The van der Waals surface area contributed by atoms with Crippen molar-refractivity contribution in [3.63, 3.8) is 0 Å². The third-order valence-electron chi connectivity index (χ3n) is 6.22. The van der Waals surface area contributed by atoms with Crippen molar-refractivity contribution in [2.24, 2.45) is 11.8 Å². The van der Waals surface area contributed by atoms with Crippen molar-refractivity contribution in [2.45, 2.75) is 31.8 Å². The van der Waals surface area contributed by atoms with Crippen LogP contribution in [0.2, 0.25) is 0 Å². The molecule has 2 aliphatic rings.